The lowest BCUT2D eigenvalue weighted by molar-refractivity contribution is -0.0999. The summed E-state index contributed by atoms with van der Waals surface area (Å²) in [6.45, 7) is 3.02. The van der Waals surface area contributed by atoms with E-state index in [2.05, 4.69) is 12.2 Å². The monoisotopic (exact) mass is 201 g/mol. The summed E-state index contributed by atoms with van der Waals surface area (Å²) >= 11 is 0. The van der Waals surface area contributed by atoms with Gasteiger partial charge in [0.1, 0.15) is 0 Å². The maximum absolute atomic E-state index is 5.11. The molecule has 0 spiro atoms. The van der Waals surface area contributed by atoms with Crippen molar-refractivity contribution in [2.45, 2.75) is 44.9 Å². The van der Waals surface area contributed by atoms with Gasteiger partial charge in [-0.3, -0.25) is 0 Å². The Labute approximate surface area is 87.2 Å². The third-order valence-electron chi connectivity index (χ3n) is 3.07. The molecule has 0 radical (unpaired) electrons. The summed E-state index contributed by atoms with van der Waals surface area (Å²) in [6, 6.07) is 0.577. The average Bonchev–Trinajstić information content (AvgIpc) is 2.13. The molecule has 0 heterocycles. The SMILES string of the molecule is COC(CNC(C)CC1CCC1)OC. The first-order valence-electron chi connectivity index (χ1n) is 5.55. The first-order chi connectivity index (χ1) is 6.76. The van der Waals surface area contributed by atoms with Crippen molar-refractivity contribution in [1.29, 1.82) is 0 Å². The lowest BCUT2D eigenvalue weighted by Crippen LogP contribution is -2.37. The van der Waals surface area contributed by atoms with Gasteiger partial charge in [-0.15, -0.1) is 0 Å². The Balaban J connectivity index is 2.03. The van der Waals surface area contributed by atoms with Crippen molar-refractivity contribution in [3.63, 3.8) is 0 Å². The number of nitrogens with one attached hydrogen (secondary N) is 1. The van der Waals surface area contributed by atoms with Crippen molar-refractivity contribution in [1.82, 2.24) is 5.32 Å². The van der Waals surface area contributed by atoms with Gasteiger partial charge in [-0.05, 0) is 19.3 Å². The zero-order valence-electron chi connectivity index (χ0n) is 9.58. The largest absolute Gasteiger partial charge is 0.355 e. The minimum absolute atomic E-state index is 0.112. The molecule has 0 aliphatic heterocycles. The van der Waals surface area contributed by atoms with Gasteiger partial charge in [-0.2, -0.15) is 0 Å². The van der Waals surface area contributed by atoms with Crippen LogP contribution in [0.25, 0.3) is 0 Å². The van der Waals surface area contributed by atoms with Gasteiger partial charge < -0.3 is 14.8 Å². The van der Waals surface area contributed by atoms with Crippen LogP contribution in [0, 0.1) is 5.92 Å². The van der Waals surface area contributed by atoms with E-state index in [1.807, 2.05) is 0 Å². The van der Waals surface area contributed by atoms with Crippen molar-refractivity contribution in [3.05, 3.63) is 0 Å². The summed E-state index contributed by atoms with van der Waals surface area (Å²) in [4.78, 5) is 0. The first-order valence-corrected chi connectivity index (χ1v) is 5.55. The Morgan fingerprint density at radius 3 is 2.36 bits per heavy atom. The van der Waals surface area contributed by atoms with Gasteiger partial charge in [0.05, 0.1) is 0 Å². The molecule has 1 unspecified atom stereocenters. The fourth-order valence-corrected chi connectivity index (χ4v) is 1.87. The molecular formula is C11H23NO2. The Hall–Kier alpha value is -0.120. The molecule has 0 aromatic heterocycles. The Morgan fingerprint density at radius 1 is 1.29 bits per heavy atom. The number of rotatable bonds is 7. The van der Waals surface area contributed by atoms with Gasteiger partial charge in [0.2, 0.25) is 0 Å². The predicted molar refractivity (Wildman–Crippen MR) is 57.2 cm³/mol. The van der Waals surface area contributed by atoms with Gasteiger partial charge in [-0.1, -0.05) is 19.3 Å². The van der Waals surface area contributed by atoms with E-state index in [-0.39, 0.29) is 6.29 Å². The Kier molecular flexibility index (Phi) is 5.45. The minimum Gasteiger partial charge on any atom is -0.355 e. The van der Waals surface area contributed by atoms with Crippen LogP contribution in [-0.2, 0) is 9.47 Å². The van der Waals surface area contributed by atoms with Crippen molar-refractivity contribution >= 4 is 0 Å². The van der Waals surface area contributed by atoms with Gasteiger partial charge in [0, 0.05) is 26.8 Å². The second kappa shape index (κ2) is 6.38. The van der Waals surface area contributed by atoms with Crippen molar-refractivity contribution in [2.75, 3.05) is 20.8 Å². The summed E-state index contributed by atoms with van der Waals surface area (Å²) in [5.41, 5.74) is 0. The van der Waals surface area contributed by atoms with Crippen LogP contribution in [0.3, 0.4) is 0 Å². The zero-order valence-corrected chi connectivity index (χ0v) is 9.58. The molecular weight excluding hydrogens is 178 g/mol. The van der Waals surface area contributed by atoms with Crippen molar-refractivity contribution < 1.29 is 9.47 Å². The maximum atomic E-state index is 5.11. The second-order valence-corrected chi connectivity index (χ2v) is 4.24. The molecule has 1 rings (SSSR count). The molecule has 0 aromatic rings. The van der Waals surface area contributed by atoms with Crippen LogP contribution in [0.2, 0.25) is 0 Å². The van der Waals surface area contributed by atoms with Crippen LogP contribution in [-0.4, -0.2) is 33.1 Å². The predicted octanol–water partition coefficient (Wildman–Crippen LogP) is 1.77. The van der Waals surface area contributed by atoms with Crippen molar-refractivity contribution in [2.24, 2.45) is 5.92 Å². The molecule has 1 aliphatic rings. The van der Waals surface area contributed by atoms with E-state index in [4.69, 9.17) is 9.47 Å². The smallest absolute Gasteiger partial charge is 0.169 e. The average molecular weight is 201 g/mol. The molecule has 0 saturated heterocycles. The molecule has 0 bridgehead atoms. The fourth-order valence-electron chi connectivity index (χ4n) is 1.87. The van der Waals surface area contributed by atoms with Gasteiger partial charge in [0.15, 0.2) is 6.29 Å². The van der Waals surface area contributed by atoms with E-state index in [1.165, 1.54) is 25.7 Å². The highest BCUT2D eigenvalue weighted by Crippen LogP contribution is 2.30. The molecule has 1 N–H and O–H groups in total. The Bertz CT molecular complexity index is 144. The maximum Gasteiger partial charge on any atom is 0.169 e. The van der Waals surface area contributed by atoms with Gasteiger partial charge in [-0.25, -0.2) is 0 Å². The van der Waals surface area contributed by atoms with Crippen LogP contribution in [0.15, 0.2) is 0 Å². The van der Waals surface area contributed by atoms with Crippen LogP contribution in [0.5, 0.6) is 0 Å². The molecule has 0 amide bonds. The van der Waals surface area contributed by atoms with E-state index >= 15 is 0 Å². The van der Waals surface area contributed by atoms with Crippen LogP contribution in [0.4, 0.5) is 0 Å². The van der Waals surface area contributed by atoms with Crippen molar-refractivity contribution in [3.8, 4) is 0 Å². The molecule has 1 aliphatic carbocycles. The molecule has 84 valence electrons. The summed E-state index contributed by atoms with van der Waals surface area (Å²) in [6.07, 6.45) is 5.45. The summed E-state index contributed by atoms with van der Waals surface area (Å²) in [7, 11) is 3.35. The molecule has 0 aromatic carbocycles. The minimum atomic E-state index is -0.112. The zero-order chi connectivity index (χ0) is 10.4. The van der Waals surface area contributed by atoms with E-state index in [0.29, 0.717) is 6.04 Å². The molecule has 14 heavy (non-hydrogen) atoms. The van der Waals surface area contributed by atoms with E-state index in [9.17, 15) is 0 Å². The second-order valence-electron chi connectivity index (χ2n) is 4.24. The summed E-state index contributed by atoms with van der Waals surface area (Å²) in [5.74, 6) is 0.959. The first kappa shape index (κ1) is 12.0. The molecule has 3 heteroatoms. The number of hydrogen-bond acceptors (Lipinski definition) is 3. The van der Waals surface area contributed by atoms with E-state index in [0.717, 1.165) is 12.5 Å². The molecule has 3 nitrogen and oxygen atoms in total. The number of ether oxygens (including phenoxy) is 2. The lowest BCUT2D eigenvalue weighted by atomic mass is 9.81. The Morgan fingerprint density at radius 2 is 1.93 bits per heavy atom. The van der Waals surface area contributed by atoms with Gasteiger partial charge in [0.25, 0.3) is 0 Å². The van der Waals surface area contributed by atoms with Crippen LogP contribution in [0.1, 0.15) is 32.6 Å². The van der Waals surface area contributed by atoms with E-state index in [1.54, 1.807) is 14.2 Å². The van der Waals surface area contributed by atoms with Gasteiger partial charge >= 0.3 is 0 Å². The standard InChI is InChI=1S/C11H23NO2/c1-9(7-10-5-4-6-10)12-8-11(13-2)14-3/h9-12H,4-8H2,1-3H3. The van der Waals surface area contributed by atoms with Crippen LogP contribution >= 0.6 is 0 Å². The van der Waals surface area contributed by atoms with Crippen LogP contribution < -0.4 is 5.32 Å². The highest BCUT2D eigenvalue weighted by Gasteiger charge is 2.20. The molecule has 1 fully saturated rings. The lowest BCUT2D eigenvalue weighted by Gasteiger charge is -2.29. The number of hydrogen-bond donors (Lipinski definition) is 1. The summed E-state index contributed by atoms with van der Waals surface area (Å²) in [5, 5.41) is 3.43. The topological polar surface area (TPSA) is 30.5 Å². The third kappa shape index (κ3) is 3.95. The van der Waals surface area contributed by atoms with E-state index < -0.39 is 0 Å². The normalized spacial score (nSPS) is 19.7. The number of methoxy groups -OCH3 is 2. The highest BCUT2D eigenvalue weighted by molar-refractivity contribution is 4.74. The summed E-state index contributed by atoms with van der Waals surface area (Å²) < 4.78 is 10.2. The molecule has 1 saturated carbocycles. The third-order valence-corrected chi connectivity index (χ3v) is 3.07. The highest BCUT2D eigenvalue weighted by atomic mass is 16.7. The molecule has 1 atom stereocenters. The fraction of sp³-hybridized carbons (Fsp3) is 1.00. The quantitative estimate of drug-likeness (QED) is 0.637.